The predicted octanol–water partition coefficient (Wildman–Crippen LogP) is 4.33. The standard InChI is InChI=1S/C14H9BrO3/c1-8-5-6-11(17-8)13(16)12-7-9-3-2-4-10(15)14(9)18-12/h2-7H,1H3. The number of aryl methyl sites for hydroxylation is 1. The molecule has 0 fully saturated rings. The lowest BCUT2D eigenvalue weighted by atomic mass is 10.2. The molecule has 2 heterocycles. The summed E-state index contributed by atoms with van der Waals surface area (Å²) in [6.45, 7) is 1.80. The van der Waals surface area contributed by atoms with Crippen LogP contribution < -0.4 is 0 Å². The topological polar surface area (TPSA) is 43.4 Å². The number of hydrogen-bond donors (Lipinski definition) is 0. The number of para-hydroxylation sites is 1. The molecule has 0 bridgehead atoms. The van der Waals surface area contributed by atoms with Gasteiger partial charge in [-0.1, -0.05) is 12.1 Å². The van der Waals surface area contributed by atoms with Crippen molar-refractivity contribution in [3.05, 3.63) is 58.2 Å². The lowest BCUT2D eigenvalue weighted by molar-refractivity contribution is 0.0984. The summed E-state index contributed by atoms with van der Waals surface area (Å²) in [6, 6.07) is 10.8. The van der Waals surface area contributed by atoms with Gasteiger partial charge in [-0.05, 0) is 47.1 Å². The molecule has 0 saturated heterocycles. The molecule has 90 valence electrons. The number of rotatable bonds is 2. The fourth-order valence-electron chi connectivity index (χ4n) is 1.82. The minimum atomic E-state index is -0.244. The molecule has 0 atom stereocenters. The normalized spacial score (nSPS) is 11.0. The summed E-state index contributed by atoms with van der Waals surface area (Å²) in [5.41, 5.74) is 0.670. The molecular formula is C14H9BrO3. The number of ketones is 1. The summed E-state index contributed by atoms with van der Waals surface area (Å²) in [4.78, 5) is 12.1. The average molecular weight is 305 g/mol. The van der Waals surface area contributed by atoms with Crippen LogP contribution in [0.2, 0.25) is 0 Å². The lowest BCUT2D eigenvalue weighted by Gasteiger charge is -1.92. The summed E-state index contributed by atoms with van der Waals surface area (Å²) in [5, 5.41) is 0.885. The number of halogens is 1. The van der Waals surface area contributed by atoms with Crippen LogP contribution in [0, 0.1) is 6.92 Å². The van der Waals surface area contributed by atoms with Crippen molar-refractivity contribution in [2.24, 2.45) is 0 Å². The Bertz CT molecular complexity index is 736. The first kappa shape index (κ1) is 11.3. The molecule has 4 heteroatoms. The van der Waals surface area contributed by atoms with Gasteiger partial charge in [0.05, 0.1) is 4.47 Å². The Morgan fingerprint density at radius 1 is 1.11 bits per heavy atom. The Hall–Kier alpha value is -1.81. The quantitative estimate of drug-likeness (QED) is 0.662. The third kappa shape index (κ3) is 1.78. The summed E-state index contributed by atoms with van der Waals surface area (Å²) in [7, 11) is 0. The molecule has 0 radical (unpaired) electrons. The number of benzene rings is 1. The van der Waals surface area contributed by atoms with Crippen molar-refractivity contribution in [3.8, 4) is 0 Å². The van der Waals surface area contributed by atoms with Crippen LogP contribution in [0.25, 0.3) is 11.0 Å². The van der Waals surface area contributed by atoms with Crippen molar-refractivity contribution in [1.29, 1.82) is 0 Å². The van der Waals surface area contributed by atoms with Crippen LogP contribution >= 0.6 is 15.9 Å². The summed E-state index contributed by atoms with van der Waals surface area (Å²) >= 11 is 3.39. The Kier molecular flexibility index (Phi) is 2.59. The molecule has 3 rings (SSSR count). The van der Waals surface area contributed by atoms with Gasteiger partial charge in [0.25, 0.3) is 5.78 Å². The van der Waals surface area contributed by atoms with E-state index in [-0.39, 0.29) is 11.5 Å². The molecule has 0 spiro atoms. The first-order valence-electron chi connectivity index (χ1n) is 5.44. The van der Waals surface area contributed by atoms with E-state index in [1.807, 2.05) is 18.2 Å². The number of hydrogen-bond acceptors (Lipinski definition) is 3. The number of carbonyl (C=O) groups is 1. The fourth-order valence-corrected chi connectivity index (χ4v) is 2.28. The fraction of sp³-hybridized carbons (Fsp3) is 0.0714. The van der Waals surface area contributed by atoms with Crippen LogP contribution in [0.5, 0.6) is 0 Å². The second kappa shape index (κ2) is 4.14. The molecule has 0 unspecified atom stereocenters. The van der Waals surface area contributed by atoms with Gasteiger partial charge in [0.15, 0.2) is 11.5 Å². The maximum Gasteiger partial charge on any atom is 0.263 e. The molecule has 0 aliphatic heterocycles. The van der Waals surface area contributed by atoms with E-state index < -0.39 is 0 Å². The molecule has 0 N–H and O–H groups in total. The zero-order chi connectivity index (χ0) is 12.7. The highest BCUT2D eigenvalue weighted by molar-refractivity contribution is 9.10. The Morgan fingerprint density at radius 2 is 1.94 bits per heavy atom. The average Bonchev–Trinajstić information content (AvgIpc) is 2.95. The van der Waals surface area contributed by atoms with Gasteiger partial charge in [-0.25, -0.2) is 0 Å². The van der Waals surface area contributed by atoms with Gasteiger partial charge < -0.3 is 8.83 Å². The first-order chi connectivity index (χ1) is 8.65. The van der Waals surface area contributed by atoms with Crippen molar-refractivity contribution in [3.63, 3.8) is 0 Å². The second-order valence-electron chi connectivity index (χ2n) is 4.01. The Morgan fingerprint density at radius 3 is 2.61 bits per heavy atom. The van der Waals surface area contributed by atoms with Gasteiger partial charge >= 0.3 is 0 Å². The molecule has 0 amide bonds. The van der Waals surface area contributed by atoms with Crippen LogP contribution in [-0.4, -0.2) is 5.78 Å². The highest BCUT2D eigenvalue weighted by Gasteiger charge is 2.18. The van der Waals surface area contributed by atoms with Gasteiger partial charge in [-0.15, -0.1) is 0 Å². The van der Waals surface area contributed by atoms with Crippen LogP contribution in [-0.2, 0) is 0 Å². The van der Waals surface area contributed by atoms with Gasteiger partial charge in [-0.3, -0.25) is 4.79 Å². The highest BCUT2D eigenvalue weighted by atomic mass is 79.9. The maximum absolute atomic E-state index is 12.1. The summed E-state index contributed by atoms with van der Waals surface area (Å²) in [6.07, 6.45) is 0. The third-order valence-corrected chi connectivity index (χ3v) is 3.31. The van der Waals surface area contributed by atoms with Crippen molar-refractivity contribution in [1.82, 2.24) is 0 Å². The van der Waals surface area contributed by atoms with Crippen LogP contribution in [0.4, 0.5) is 0 Å². The van der Waals surface area contributed by atoms with E-state index in [2.05, 4.69) is 15.9 Å². The summed E-state index contributed by atoms with van der Waals surface area (Å²) < 4.78 is 11.7. The van der Waals surface area contributed by atoms with Gasteiger partial charge in [-0.2, -0.15) is 0 Å². The van der Waals surface area contributed by atoms with E-state index in [0.717, 1.165) is 9.86 Å². The molecule has 18 heavy (non-hydrogen) atoms. The highest BCUT2D eigenvalue weighted by Crippen LogP contribution is 2.28. The molecule has 0 saturated carbocycles. The van der Waals surface area contributed by atoms with E-state index in [4.69, 9.17) is 8.83 Å². The number of fused-ring (bicyclic) bond motifs is 1. The van der Waals surface area contributed by atoms with Gasteiger partial charge in [0.1, 0.15) is 11.3 Å². The van der Waals surface area contributed by atoms with Crippen molar-refractivity contribution >= 4 is 32.7 Å². The third-order valence-electron chi connectivity index (χ3n) is 2.68. The molecule has 2 aromatic heterocycles. The molecule has 3 aromatic rings. The van der Waals surface area contributed by atoms with Gasteiger partial charge in [0.2, 0.25) is 0 Å². The number of carbonyl (C=O) groups excluding carboxylic acids is 1. The summed E-state index contributed by atoms with van der Waals surface area (Å²) in [5.74, 6) is 1.04. The molecule has 1 aromatic carbocycles. The van der Waals surface area contributed by atoms with E-state index in [1.54, 1.807) is 25.1 Å². The zero-order valence-electron chi connectivity index (χ0n) is 9.57. The SMILES string of the molecule is Cc1ccc(C(=O)c2cc3cccc(Br)c3o2)o1. The molecular weight excluding hydrogens is 296 g/mol. The smallest absolute Gasteiger partial charge is 0.263 e. The van der Waals surface area contributed by atoms with E-state index >= 15 is 0 Å². The van der Waals surface area contributed by atoms with Crippen molar-refractivity contribution in [2.75, 3.05) is 0 Å². The molecule has 0 aliphatic carbocycles. The lowest BCUT2D eigenvalue weighted by Crippen LogP contribution is -1.96. The minimum absolute atomic E-state index is 0.244. The minimum Gasteiger partial charge on any atom is -0.458 e. The monoisotopic (exact) mass is 304 g/mol. The maximum atomic E-state index is 12.1. The van der Waals surface area contributed by atoms with Gasteiger partial charge in [0, 0.05) is 5.39 Å². The van der Waals surface area contributed by atoms with Crippen LogP contribution in [0.15, 0.2) is 49.7 Å². The van der Waals surface area contributed by atoms with Crippen molar-refractivity contribution < 1.29 is 13.6 Å². The van der Waals surface area contributed by atoms with Crippen molar-refractivity contribution in [2.45, 2.75) is 6.92 Å². The zero-order valence-corrected chi connectivity index (χ0v) is 11.2. The number of furan rings is 2. The molecule has 0 aliphatic rings. The van der Waals surface area contributed by atoms with Crippen LogP contribution in [0.3, 0.4) is 0 Å². The van der Waals surface area contributed by atoms with E-state index in [1.165, 1.54) is 0 Å². The van der Waals surface area contributed by atoms with Crippen LogP contribution in [0.1, 0.15) is 22.1 Å². The second-order valence-corrected chi connectivity index (χ2v) is 4.86. The van der Waals surface area contributed by atoms with E-state index in [0.29, 0.717) is 17.1 Å². The largest absolute Gasteiger partial charge is 0.458 e. The predicted molar refractivity (Wildman–Crippen MR) is 70.8 cm³/mol. The van der Waals surface area contributed by atoms with E-state index in [9.17, 15) is 4.79 Å². The first-order valence-corrected chi connectivity index (χ1v) is 6.23. The molecule has 3 nitrogen and oxygen atoms in total. The Labute approximate surface area is 112 Å². The Balaban J connectivity index is 2.10.